The van der Waals surface area contributed by atoms with E-state index in [1.807, 2.05) is 26.0 Å². The summed E-state index contributed by atoms with van der Waals surface area (Å²) in [5.74, 6) is 0.189. The van der Waals surface area contributed by atoms with Crippen LogP contribution >= 0.6 is 0 Å². The quantitative estimate of drug-likeness (QED) is 0.543. The third kappa shape index (κ3) is 4.28. The molecule has 1 aliphatic rings. The summed E-state index contributed by atoms with van der Waals surface area (Å²) in [6.07, 6.45) is 2.25. The van der Waals surface area contributed by atoms with Crippen LogP contribution in [-0.4, -0.2) is 34.8 Å². The van der Waals surface area contributed by atoms with Crippen molar-refractivity contribution in [3.8, 4) is 11.1 Å². The SMILES string of the molecule is CNc1cc2nc(C)c(-c3cc(NC(=O)N[C@H]4C[C@](C)(F)C4)c(F)cc3C)cc2cn1. The van der Waals surface area contributed by atoms with Gasteiger partial charge in [0.25, 0.3) is 0 Å². The number of nitrogens with zero attached hydrogens (tertiary/aromatic N) is 2. The smallest absolute Gasteiger partial charge is 0.319 e. The van der Waals surface area contributed by atoms with Crippen molar-refractivity contribution in [3.63, 3.8) is 0 Å². The molecule has 0 aliphatic heterocycles. The van der Waals surface area contributed by atoms with Crippen molar-refractivity contribution in [2.24, 2.45) is 0 Å². The summed E-state index contributed by atoms with van der Waals surface area (Å²) in [6.45, 7) is 5.20. The summed E-state index contributed by atoms with van der Waals surface area (Å²) in [5.41, 5.74) is 2.72. The molecule has 1 aromatic carbocycles. The van der Waals surface area contributed by atoms with E-state index in [9.17, 15) is 13.6 Å². The van der Waals surface area contributed by atoms with E-state index in [-0.39, 0.29) is 24.6 Å². The number of alkyl halides is 1. The molecule has 2 amide bonds. The molecule has 0 atom stereocenters. The highest BCUT2D eigenvalue weighted by molar-refractivity contribution is 5.92. The molecular formula is C23H25F2N5O. The van der Waals surface area contributed by atoms with Crippen LogP contribution < -0.4 is 16.0 Å². The van der Waals surface area contributed by atoms with Crippen molar-refractivity contribution in [2.75, 3.05) is 17.7 Å². The van der Waals surface area contributed by atoms with Gasteiger partial charge in [-0.2, -0.15) is 0 Å². The number of amides is 2. The summed E-state index contributed by atoms with van der Waals surface area (Å²) in [5, 5.41) is 9.09. The van der Waals surface area contributed by atoms with Gasteiger partial charge in [0, 0.05) is 54.8 Å². The van der Waals surface area contributed by atoms with E-state index in [1.165, 1.54) is 13.0 Å². The molecule has 3 N–H and O–H groups in total. The fourth-order valence-electron chi connectivity index (χ4n) is 4.05. The Bertz CT molecular complexity index is 1170. The van der Waals surface area contributed by atoms with Crippen LogP contribution in [0.2, 0.25) is 0 Å². The Morgan fingerprint density at radius 1 is 1.16 bits per heavy atom. The van der Waals surface area contributed by atoms with Gasteiger partial charge in [-0.3, -0.25) is 4.98 Å². The van der Waals surface area contributed by atoms with Crippen LogP contribution in [0.25, 0.3) is 22.0 Å². The van der Waals surface area contributed by atoms with Gasteiger partial charge in [-0.25, -0.2) is 18.6 Å². The number of urea groups is 1. The van der Waals surface area contributed by atoms with Crippen LogP contribution in [0.5, 0.6) is 0 Å². The second kappa shape index (κ2) is 7.76. The van der Waals surface area contributed by atoms with Gasteiger partial charge < -0.3 is 16.0 Å². The summed E-state index contributed by atoms with van der Waals surface area (Å²) in [6, 6.07) is 6.03. The maximum absolute atomic E-state index is 14.6. The molecule has 0 bridgehead atoms. The number of halogens is 2. The number of aromatic nitrogens is 2. The number of aryl methyl sites for hydroxylation is 2. The number of benzene rings is 1. The first-order valence-electron chi connectivity index (χ1n) is 10.2. The van der Waals surface area contributed by atoms with Gasteiger partial charge in [-0.1, -0.05) is 0 Å². The third-order valence-corrected chi connectivity index (χ3v) is 5.68. The molecule has 2 heterocycles. The Hall–Kier alpha value is -3.29. The van der Waals surface area contributed by atoms with Crippen molar-refractivity contribution < 1.29 is 13.6 Å². The lowest BCUT2D eigenvalue weighted by atomic mass is 9.79. The second-order valence-electron chi connectivity index (χ2n) is 8.40. The Balaban J connectivity index is 1.63. The average molecular weight is 425 g/mol. The normalized spacial score (nSPS) is 20.3. The summed E-state index contributed by atoms with van der Waals surface area (Å²) in [4.78, 5) is 21.3. The van der Waals surface area contributed by atoms with Gasteiger partial charge in [-0.15, -0.1) is 0 Å². The van der Waals surface area contributed by atoms with E-state index in [2.05, 4.69) is 25.9 Å². The van der Waals surface area contributed by atoms with Gasteiger partial charge in [0.1, 0.15) is 17.3 Å². The first-order valence-corrected chi connectivity index (χ1v) is 10.2. The molecule has 0 unspecified atom stereocenters. The van der Waals surface area contributed by atoms with Gasteiger partial charge >= 0.3 is 6.03 Å². The minimum absolute atomic E-state index is 0.0589. The first kappa shape index (κ1) is 21.0. The summed E-state index contributed by atoms with van der Waals surface area (Å²) >= 11 is 0. The highest BCUT2D eigenvalue weighted by Gasteiger charge is 2.41. The molecule has 31 heavy (non-hydrogen) atoms. The van der Waals surface area contributed by atoms with Crippen molar-refractivity contribution in [1.29, 1.82) is 0 Å². The lowest BCUT2D eigenvalue weighted by Gasteiger charge is -2.38. The lowest BCUT2D eigenvalue weighted by Crippen LogP contribution is -2.52. The fourth-order valence-corrected chi connectivity index (χ4v) is 4.05. The monoisotopic (exact) mass is 425 g/mol. The number of rotatable bonds is 4. The summed E-state index contributed by atoms with van der Waals surface area (Å²) in [7, 11) is 1.79. The predicted molar refractivity (Wildman–Crippen MR) is 119 cm³/mol. The lowest BCUT2D eigenvalue weighted by molar-refractivity contribution is 0.0534. The third-order valence-electron chi connectivity index (χ3n) is 5.68. The van der Waals surface area contributed by atoms with Crippen molar-refractivity contribution in [3.05, 3.63) is 47.5 Å². The number of anilines is 2. The minimum atomic E-state index is -1.25. The summed E-state index contributed by atoms with van der Waals surface area (Å²) < 4.78 is 28.2. The number of hydrogen-bond donors (Lipinski definition) is 3. The maximum Gasteiger partial charge on any atom is 0.319 e. The fraction of sp³-hybridized carbons (Fsp3) is 0.348. The standard InChI is InChI=1S/C23H25F2N5O/c1-12-5-18(24)20(30-22(31)29-15-9-23(3,25)10-15)7-16(12)17-6-14-11-27-21(26-4)8-19(14)28-13(17)2/h5-8,11,15H,9-10H2,1-4H3,(H,26,27)(H2,29,30,31)/t15-,23-. The molecule has 0 saturated heterocycles. The Labute approximate surface area is 179 Å². The molecule has 6 nitrogen and oxygen atoms in total. The van der Waals surface area contributed by atoms with Crippen LogP contribution in [0, 0.1) is 19.7 Å². The van der Waals surface area contributed by atoms with E-state index in [1.54, 1.807) is 19.3 Å². The Morgan fingerprint density at radius 2 is 1.90 bits per heavy atom. The highest BCUT2D eigenvalue weighted by atomic mass is 19.1. The van der Waals surface area contributed by atoms with Gasteiger partial charge in [0.05, 0.1) is 11.2 Å². The topological polar surface area (TPSA) is 78.9 Å². The maximum atomic E-state index is 14.6. The molecule has 1 aliphatic carbocycles. The average Bonchev–Trinajstić information content (AvgIpc) is 2.68. The number of hydrogen-bond acceptors (Lipinski definition) is 4. The van der Waals surface area contributed by atoms with Crippen molar-refractivity contribution in [2.45, 2.75) is 45.3 Å². The van der Waals surface area contributed by atoms with Crippen LogP contribution in [0.4, 0.5) is 25.1 Å². The van der Waals surface area contributed by atoms with Gasteiger partial charge in [-0.05, 0) is 50.1 Å². The second-order valence-corrected chi connectivity index (χ2v) is 8.40. The number of carbonyl (C=O) groups excluding carboxylic acids is 1. The van der Waals surface area contributed by atoms with E-state index in [0.717, 1.165) is 39.1 Å². The Kier molecular flexibility index (Phi) is 5.24. The number of fused-ring (bicyclic) bond motifs is 1. The van der Waals surface area contributed by atoms with E-state index >= 15 is 0 Å². The number of pyridine rings is 2. The molecule has 4 rings (SSSR count). The number of nitrogens with one attached hydrogen (secondary N) is 3. The molecule has 162 valence electrons. The first-order chi connectivity index (χ1) is 14.6. The van der Waals surface area contributed by atoms with Crippen LogP contribution in [0.1, 0.15) is 31.0 Å². The van der Waals surface area contributed by atoms with Gasteiger partial charge in [0.2, 0.25) is 0 Å². The molecule has 0 radical (unpaired) electrons. The molecule has 0 spiro atoms. The van der Waals surface area contributed by atoms with Crippen molar-refractivity contribution >= 4 is 28.4 Å². The van der Waals surface area contributed by atoms with E-state index in [0.29, 0.717) is 0 Å². The molecule has 1 saturated carbocycles. The van der Waals surface area contributed by atoms with E-state index < -0.39 is 17.5 Å². The zero-order chi connectivity index (χ0) is 22.3. The van der Waals surface area contributed by atoms with E-state index in [4.69, 9.17) is 0 Å². The Morgan fingerprint density at radius 3 is 2.58 bits per heavy atom. The van der Waals surface area contributed by atoms with Crippen LogP contribution in [0.15, 0.2) is 30.5 Å². The molecular weight excluding hydrogens is 400 g/mol. The zero-order valence-corrected chi connectivity index (χ0v) is 17.9. The molecule has 2 aromatic heterocycles. The predicted octanol–water partition coefficient (Wildman–Crippen LogP) is 5.11. The highest BCUT2D eigenvalue weighted by Crippen LogP contribution is 2.36. The number of carbonyl (C=O) groups is 1. The largest absolute Gasteiger partial charge is 0.373 e. The van der Waals surface area contributed by atoms with Crippen LogP contribution in [0.3, 0.4) is 0 Å². The minimum Gasteiger partial charge on any atom is -0.373 e. The molecule has 1 fully saturated rings. The van der Waals surface area contributed by atoms with Crippen LogP contribution in [-0.2, 0) is 0 Å². The van der Waals surface area contributed by atoms with Gasteiger partial charge in [0.15, 0.2) is 0 Å². The zero-order valence-electron chi connectivity index (χ0n) is 17.9. The molecule has 8 heteroatoms. The van der Waals surface area contributed by atoms with Crippen molar-refractivity contribution in [1.82, 2.24) is 15.3 Å². The molecule has 3 aromatic rings.